The summed E-state index contributed by atoms with van der Waals surface area (Å²) in [5.74, 6) is 0.589. The number of thiazole rings is 1. The minimum Gasteiger partial charge on any atom is -0.497 e. The first-order valence-corrected chi connectivity index (χ1v) is 10.3. The zero-order valence-electron chi connectivity index (χ0n) is 13.1. The van der Waals surface area contributed by atoms with Gasteiger partial charge in [0.25, 0.3) is 10.0 Å². The van der Waals surface area contributed by atoms with Gasteiger partial charge in [0.05, 0.1) is 17.7 Å². The van der Waals surface area contributed by atoms with Crippen molar-refractivity contribution in [2.24, 2.45) is 0 Å². The highest BCUT2D eigenvalue weighted by Gasteiger charge is 2.14. The summed E-state index contributed by atoms with van der Waals surface area (Å²) in [6.07, 6.45) is 0. The fourth-order valence-corrected chi connectivity index (χ4v) is 3.85. The van der Waals surface area contributed by atoms with Crippen LogP contribution in [0.4, 0.5) is 5.13 Å². The second-order valence-electron chi connectivity index (χ2n) is 4.95. The van der Waals surface area contributed by atoms with Crippen LogP contribution in [0.3, 0.4) is 0 Å². The van der Waals surface area contributed by atoms with Crippen molar-refractivity contribution in [1.82, 2.24) is 9.82 Å². The number of methoxy groups -OCH3 is 1. The summed E-state index contributed by atoms with van der Waals surface area (Å²) in [6, 6.07) is 13.8. The van der Waals surface area contributed by atoms with Gasteiger partial charge in [-0.2, -0.15) is 0 Å². The minimum absolute atomic E-state index is 0.130. The third-order valence-electron chi connectivity index (χ3n) is 3.31. The molecule has 0 aliphatic carbocycles. The summed E-state index contributed by atoms with van der Waals surface area (Å²) in [4.78, 5) is 6.83. The largest absolute Gasteiger partial charge is 0.497 e. The molecule has 0 aliphatic heterocycles. The number of hydrazine groups is 1. The predicted octanol–water partition coefficient (Wildman–Crippen LogP) is 3.89. The van der Waals surface area contributed by atoms with E-state index < -0.39 is 10.0 Å². The SMILES string of the molecule is COc1ccc(S(=O)(=O)NNc2nc(-c3ccc(Br)cc3)cs2)cc1. The van der Waals surface area contributed by atoms with Crippen molar-refractivity contribution in [2.45, 2.75) is 4.90 Å². The molecule has 0 unspecified atom stereocenters. The van der Waals surface area contributed by atoms with E-state index in [2.05, 4.69) is 31.2 Å². The van der Waals surface area contributed by atoms with Crippen molar-refractivity contribution in [1.29, 1.82) is 0 Å². The molecular formula is C16H14BrN3O3S2. The first-order valence-electron chi connectivity index (χ1n) is 7.11. The number of ether oxygens (including phenoxy) is 1. The summed E-state index contributed by atoms with van der Waals surface area (Å²) in [6.45, 7) is 0. The van der Waals surface area contributed by atoms with Crippen LogP contribution in [0, 0.1) is 0 Å². The molecule has 0 saturated carbocycles. The molecule has 1 heterocycles. The van der Waals surface area contributed by atoms with Gasteiger partial charge in [-0.25, -0.2) is 13.4 Å². The number of nitrogens with zero attached hydrogens (tertiary/aromatic N) is 1. The van der Waals surface area contributed by atoms with Gasteiger partial charge in [-0.05, 0) is 36.4 Å². The van der Waals surface area contributed by atoms with Crippen molar-refractivity contribution >= 4 is 42.4 Å². The molecule has 0 amide bonds. The van der Waals surface area contributed by atoms with Gasteiger partial charge in [-0.1, -0.05) is 28.1 Å². The number of halogens is 1. The zero-order chi connectivity index (χ0) is 17.9. The molecule has 1 aromatic heterocycles. The van der Waals surface area contributed by atoms with E-state index in [1.165, 1.54) is 30.6 Å². The van der Waals surface area contributed by atoms with Crippen LogP contribution >= 0.6 is 27.3 Å². The summed E-state index contributed by atoms with van der Waals surface area (Å²) in [5, 5.41) is 2.31. The fourth-order valence-electron chi connectivity index (χ4n) is 2.01. The van der Waals surface area contributed by atoms with Crippen LogP contribution in [0.25, 0.3) is 11.3 Å². The Morgan fingerprint density at radius 2 is 1.76 bits per heavy atom. The van der Waals surface area contributed by atoms with Crippen LogP contribution in [-0.4, -0.2) is 20.5 Å². The van der Waals surface area contributed by atoms with Crippen LogP contribution < -0.4 is 15.0 Å². The third kappa shape index (κ3) is 4.37. The third-order valence-corrected chi connectivity index (χ3v) is 5.86. The van der Waals surface area contributed by atoms with Gasteiger partial charge in [-0.3, -0.25) is 5.43 Å². The van der Waals surface area contributed by atoms with Gasteiger partial charge in [0.2, 0.25) is 0 Å². The van der Waals surface area contributed by atoms with E-state index in [0.717, 1.165) is 15.7 Å². The molecule has 25 heavy (non-hydrogen) atoms. The molecule has 6 nitrogen and oxygen atoms in total. The first-order chi connectivity index (χ1) is 12.0. The van der Waals surface area contributed by atoms with E-state index in [-0.39, 0.29) is 4.90 Å². The number of anilines is 1. The average Bonchev–Trinajstić information content (AvgIpc) is 3.10. The van der Waals surface area contributed by atoms with Gasteiger partial charge in [0.15, 0.2) is 5.13 Å². The van der Waals surface area contributed by atoms with Gasteiger partial charge in [0.1, 0.15) is 5.75 Å². The molecule has 0 radical (unpaired) electrons. The lowest BCUT2D eigenvalue weighted by Gasteiger charge is -2.07. The number of benzene rings is 2. The molecule has 2 aromatic carbocycles. The minimum atomic E-state index is -3.70. The van der Waals surface area contributed by atoms with E-state index >= 15 is 0 Å². The molecule has 9 heteroatoms. The van der Waals surface area contributed by atoms with Crippen LogP contribution in [-0.2, 0) is 10.0 Å². The van der Waals surface area contributed by atoms with Crippen LogP contribution in [0.5, 0.6) is 5.75 Å². The number of hydrogen-bond acceptors (Lipinski definition) is 6. The van der Waals surface area contributed by atoms with Crippen LogP contribution in [0.15, 0.2) is 63.3 Å². The van der Waals surface area contributed by atoms with Crippen LogP contribution in [0.2, 0.25) is 0 Å². The quantitative estimate of drug-likeness (QED) is 0.569. The maximum Gasteiger partial charge on any atom is 0.257 e. The molecular weight excluding hydrogens is 426 g/mol. The lowest BCUT2D eigenvalue weighted by molar-refractivity contribution is 0.414. The molecule has 0 aliphatic rings. The molecule has 2 N–H and O–H groups in total. The number of aromatic nitrogens is 1. The fraction of sp³-hybridized carbons (Fsp3) is 0.0625. The molecule has 0 bridgehead atoms. The first kappa shape index (κ1) is 17.9. The smallest absolute Gasteiger partial charge is 0.257 e. The molecule has 0 saturated heterocycles. The Labute approximate surface area is 158 Å². The molecule has 3 aromatic rings. The Morgan fingerprint density at radius 3 is 2.40 bits per heavy atom. The lowest BCUT2D eigenvalue weighted by atomic mass is 10.2. The van der Waals surface area contributed by atoms with Crippen LogP contribution in [0.1, 0.15) is 0 Å². The average molecular weight is 440 g/mol. The molecule has 0 atom stereocenters. The van der Waals surface area contributed by atoms with E-state index in [1.807, 2.05) is 29.6 Å². The maximum atomic E-state index is 12.3. The second kappa shape index (κ2) is 7.52. The lowest BCUT2D eigenvalue weighted by Crippen LogP contribution is -2.29. The van der Waals surface area contributed by atoms with Gasteiger partial charge in [-0.15, -0.1) is 16.2 Å². The van der Waals surface area contributed by atoms with E-state index in [4.69, 9.17) is 4.74 Å². The Morgan fingerprint density at radius 1 is 1.08 bits per heavy atom. The number of rotatable bonds is 6. The zero-order valence-corrected chi connectivity index (χ0v) is 16.3. The highest BCUT2D eigenvalue weighted by Crippen LogP contribution is 2.26. The number of sulfonamides is 1. The van der Waals surface area contributed by atoms with Gasteiger partial charge >= 0.3 is 0 Å². The second-order valence-corrected chi connectivity index (χ2v) is 8.41. The van der Waals surface area contributed by atoms with Crippen molar-refractivity contribution in [3.8, 4) is 17.0 Å². The molecule has 0 fully saturated rings. The number of nitrogens with one attached hydrogen (secondary N) is 2. The normalized spacial score (nSPS) is 11.3. The highest BCUT2D eigenvalue weighted by molar-refractivity contribution is 9.10. The van der Waals surface area contributed by atoms with E-state index in [1.54, 1.807) is 12.1 Å². The molecule has 3 rings (SSSR count). The Kier molecular flexibility index (Phi) is 5.38. The van der Waals surface area contributed by atoms with Crippen molar-refractivity contribution in [3.05, 3.63) is 58.4 Å². The monoisotopic (exact) mass is 439 g/mol. The van der Waals surface area contributed by atoms with E-state index in [9.17, 15) is 8.42 Å². The summed E-state index contributed by atoms with van der Waals surface area (Å²) >= 11 is 4.70. The molecule has 0 spiro atoms. The van der Waals surface area contributed by atoms with Crippen molar-refractivity contribution in [3.63, 3.8) is 0 Å². The topological polar surface area (TPSA) is 80.3 Å². The van der Waals surface area contributed by atoms with Crippen molar-refractivity contribution < 1.29 is 13.2 Å². The standard InChI is InChI=1S/C16H14BrN3O3S2/c1-23-13-6-8-14(9-7-13)25(21,22)20-19-16-18-15(10-24-16)11-2-4-12(17)5-3-11/h2-10,20H,1H3,(H,18,19). The summed E-state index contributed by atoms with van der Waals surface area (Å²) in [5.41, 5.74) is 4.36. The predicted molar refractivity (Wildman–Crippen MR) is 102 cm³/mol. The summed E-state index contributed by atoms with van der Waals surface area (Å²) in [7, 11) is -2.18. The molecule has 130 valence electrons. The van der Waals surface area contributed by atoms with Crippen molar-refractivity contribution in [2.75, 3.05) is 12.5 Å². The maximum absolute atomic E-state index is 12.3. The highest BCUT2D eigenvalue weighted by atomic mass is 79.9. The summed E-state index contributed by atoms with van der Waals surface area (Å²) < 4.78 is 30.6. The number of hydrogen-bond donors (Lipinski definition) is 2. The Hall–Kier alpha value is -1.94. The van der Waals surface area contributed by atoms with E-state index in [0.29, 0.717) is 10.9 Å². The Balaban J connectivity index is 1.69. The van der Waals surface area contributed by atoms with Gasteiger partial charge < -0.3 is 4.74 Å². The van der Waals surface area contributed by atoms with Gasteiger partial charge in [0, 0.05) is 15.4 Å². The Bertz CT molecular complexity index is 955.